The van der Waals surface area contributed by atoms with Crippen LogP contribution in [0, 0.1) is 20.8 Å². The molecule has 0 aliphatic heterocycles. The summed E-state index contributed by atoms with van der Waals surface area (Å²) < 4.78 is 23.4. The SMILES string of the molecule is COc1ccc(-c2oc3c(C)cc(C)cc3c(=O)c2OCCCCOc2ccc(C)cc2)cc1. The first kappa shape index (κ1) is 23.4. The highest BCUT2D eigenvalue weighted by atomic mass is 16.5. The maximum absolute atomic E-state index is 13.4. The minimum absolute atomic E-state index is 0.158. The first-order valence-corrected chi connectivity index (χ1v) is 11.5. The van der Waals surface area contributed by atoms with Gasteiger partial charge in [0.15, 0.2) is 5.76 Å². The Bertz CT molecular complexity index is 1320. The van der Waals surface area contributed by atoms with Crippen LogP contribution in [0.4, 0.5) is 0 Å². The van der Waals surface area contributed by atoms with E-state index >= 15 is 0 Å². The lowest BCUT2D eigenvalue weighted by Gasteiger charge is -2.13. The van der Waals surface area contributed by atoms with Crippen LogP contribution in [0.1, 0.15) is 29.5 Å². The molecule has 0 unspecified atom stereocenters. The van der Waals surface area contributed by atoms with E-state index in [4.69, 9.17) is 18.6 Å². The van der Waals surface area contributed by atoms with Gasteiger partial charge in [-0.25, -0.2) is 0 Å². The van der Waals surface area contributed by atoms with Crippen LogP contribution in [0.25, 0.3) is 22.3 Å². The molecule has 176 valence electrons. The number of aryl methyl sites for hydroxylation is 3. The molecule has 0 saturated heterocycles. The van der Waals surface area contributed by atoms with E-state index in [1.165, 1.54) is 5.56 Å². The summed E-state index contributed by atoms with van der Waals surface area (Å²) in [6, 6.07) is 19.3. The molecule has 0 atom stereocenters. The molecule has 0 fully saturated rings. The second kappa shape index (κ2) is 10.5. The van der Waals surface area contributed by atoms with Crippen LogP contribution in [-0.4, -0.2) is 20.3 Å². The van der Waals surface area contributed by atoms with Crippen molar-refractivity contribution in [3.63, 3.8) is 0 Å². The molecule has 5 nitrogen and oxygen atoms in total. The third-order valence-electron chi connectivity index (χ3n) is 5.71. The van der Waals surface area contributed by atoms with E-state index in [0.717, 1.165) is 41.0 Å². The van der Waals surface area contributed by atoms with Crippen LogP contribution in [0.3, 0.4) is 0 Å². The third kappa shape index (κ3) is 5.25. The van der Waals surface area contributed by atoms with Crippen molar-refractivity contribution < 1.29 is 18.6 Å². The van der Waals surface area contributed by atoms with Crippen LogP contribution < -0.4 is 19.6 Å². The maximum atomic E-state index is 13.4. The minimum Gasteiger partial charge on any atom is -0.497 e. The molecule has 0 radical (unpaired) electrons. The van der Waals surface area contributed by atoms with Gasteiger partial charge in [0.1, 0.15) is 17.1 Å². The molecule has 0 aliphatic rings. The Balaban J connectivity index is 1.54. The summed E-state index contributed by atoms with van der Waals surface area (Å²) in [5.74, 6) is 2.26. The van der Waals surface area contributed by atoms with Crippen LogP contribution in [0.2, 0.25) is 0 Å². The zero-order valence-corrected chi connectivity index (χ0v) is 20.1. The molecule has 0 bridgehead atoms. The lowest BCUT2D eigenvalue weighted by Crippen LogP contribution is -2.12. The molecule has 5 heteroatoms. The van der Waals surface area contributed by atoms with Crippen molar-refractivity contribution >= 4 is 11.0 Å². The van der Waals surface area contributed by atoms with Crippen LogP contribution in [0.15, 0.2) is 69.9 Å². The lowest BCUT2D eigenvalue weighted by atomic mass is 10.1. The van der Waals surface area contributed by atoms with E-state index in [2.05, 4.69) is 0 Å². The average Bonchev–Trinajstić information content (AvgIpc) is 2.84. The number of methoxy groups -OCH3 is 1. The molecular formula is C29H30O5. The van der Waals surface area contributed by atoms with Gasteiger partial charge in [-0.1, -0.05) is 23.8 Å². The summed E-state index contributed by atoms with van der Waals surface area (Å²) in [5.41, 5.74) is 4.32. The Morgan fingerprint density at radius 2 is 1.41 bits per heavy atom. The predicted octanol–water partition coefficient (Wildman–Crippen LogP) is 6.63. The number of hydrogen-bond donors (Lipinski definition) is 0. The van der Waals surface area contributed by atoms with Gasteiger partial charge < -0.3 is 18.6 Å². The molecule has 4 rings (SSSR count). The van der Waals surface area contributed by atoms with Gasteiger partial charge in [0.25, 0.3) is 0 Å². The standard InChI is InChI=1S/C29H30O5/c1-19-7-11-24(12-8-19)32-15-5-6-16-33-29-26(30)25-18-20(2)17-21(3)27(25)34-28(29)22-9-13-23(31-4)14-10-22/h7-14,17-18H,5-6,15-16H2,1-4H3. The van der Waals surface area contributed by atoms with Gasteiger partial charge in [-0.15, -0.1) is 0 Å². The maximum Gasteiger partial charge on any atom is 0.235 e. The highest BCUT2D eigenvalue weighted by Gasteiger charge is 2.19. The first-order valence-electron chi connectivity index (χ1n) is 11.5. The Morgan fingerprint density at radius 3 is 2.09 bits per heavy atom. The Morgan fingerprint density at radius 1 is 0.765 bits per heavy atom. The van der Waals surface area contributed by atoms with E-state index in [1.54, 1.807) is 7.11 Å². The molecule has 3 aromatic carbocycles. The largest absolute Gasteiger partial charge is 0.497 e. The molecular weight excluding hydrogens is 428 g/mol. The van der Waals surface area contributed by atoms with Gasteiger partial charge in [0.2, 0.25) is 11.2 Å². The van der Waals surface area contributed by atoms with E-state index < -0.39 is 0 Å². The lowest BCUT2D eigenvalue weighted by molar-refractivity contribution is 0.263. The second-order valence-electron chi connectivity index (χ2n) is 8.49. The van der Waals surface area contributed by atoms with Gasteiger partial charge in [0, 0.05) is 5.56 Å². The Kier molecular flexibility index (Phi) is 7.21. The summed E-state index contributed by atoms with van der Waals surface area (Å²) in [7, 11) is 1.62. The quantitative estimate of drug-likeness (QED) is 0.263. The van der Waals surface area contributed by atoms with Gasteiger partial charge in [-0.3, -0.25) is 4.79 Å². The Labute approximate surface area is 199 Å². The van der Waals surface area contributed by atoms with Crippen LogP contribution in [-0.2, 0) is 0 Å². The van der Waals surface area contributed by atoms with Gasteiger partial charge in [0.05, 0.1) is 25.7 Å². The van der Waals surface area contributed by atoms with Gasteiger partial charge in [-0.05, 0) is 87.2 Å². The van der Waals surface area contributed by atoms with Gasteiger partial charge >= 0.3 is 0 Å². The summed E-state index contributed by atoms with van der Waals surface area (Å²) >= 11 is 0. The third-order valence-corrected chi connectivity index (χ3v) is 5.71. The Hall–Kier alpha value is -3.73. The van der Waals surface area contributed by atoms with Crippen LogP contribution >= 0.6 is 0 Å². The summed E-state index contributed by atoms with van der Waals surface area (Å²) in [4.78, 5) is 13.4. The van der Waals surface area contributed by atoms with Crippen molar-refractivity contribution in [2.75, 3.05) is 20.3 Å². The minimum atomic E-state index is -0.158. The number of fused-ring (bicyclic) bond motifs is 1. The molecule has 0 amide bonds. The van der Waals surface area contributed by atoms with E-state index in [0.29, 0.717) is 29.9 Å². The normalized spacial score (nSPS) is 10.9. The van der Waals surface area contributed by atoms with Crippen molar-refractivity contribution in [1.82, 2.24) is 0 Å². The average molecular weight is 459 g/mol. The summed E-state index contributed by atoms with van der Waals surface area (Å²) in [6.07, 6.45) is 1.56. The molecule has 1 heterocycles. The monoisotopic (exact) mass is 458 g/mol. The highest BCUT2D eigenvalue weighted by molar-refractivity contribution is 5.85. The van der Waals surface area contributed by atoms with Gasteiger partial charge in [-0.2, -0.15) is 0 Å². The van der Waals surface area contributed by atoms with Crippen molar-refractivity contribution in [1.29, 1.82) is 0 Å². The zero-order valence-electron chi connectivity index (χ0n) is 20.1. The van der Waals surface area contributed by atoms with Crippen molar-refractivity contribution in [2.24, 2.45) is 0 Å². The number of unbranched alkanes of at least 4 members (excludes halogenated alkanes) is 1. The molecule has 0 aliphatic carbocycles. The topological polar surface area (TPSA) is 57.9 Å². The van der Waals surface area contributed by atoms with E-state index in [-0.39, 0.29) is 11.2 Å². The van der Waals surface area contributed by atoms with E-state index in [1.807, 2.05) is 81.4 Å². The number of rotatable bonds is 9. The number of hydrogen-bond acceptors (Lipinski definition) is 5. The summed E-state index contributed by atoms with van der Waals surface area (Å²) in [6.45, 7) is 6.94. The van der Waals surface area contributed by atoms with Crippen LogP contribution in [0.5, 0.6) is 17.2 Å². The fourth-order valence-electron chi connectivity index (χ4n) is 3.90. The summed E-state index contributed by atoms with van der Waals surface area (Å²) in [5, 5.41) is 0.535. The zero-order chi connectivity index (χ0) is 24.1. The molecule has 0 N–H and O–H groups in total. The molecule has 34 heavy (non-hydrogen) atoms. The van der Waals surface area contributed by atoms with Crippen molar-refractivity contribution in [3.05, 3.63) is 87.6 Å². The smallest absolute Gasteiger partial charge is 0.235 e. The first-order chi connectivity index (χ1) is 16.5. The van der Waals surface area contributed by atoms with Crippen molar-refractivity contribution in [2.45, 2.75) is 33.6 Å². The van der Waals surface area contributed by atoms with Crippen molar-refractivity contribution in [3.8, 4) is 28.6 Å². The van der Waals surface area contributed by atoms with E-state index in [9.17, 15) is 4.79 Å². The molecule has 0 spiro atoms. The highest BCUT2D eigenvalue weighted by Crippen LogP contribution is 2.33. The number of benzene rings is 3. The fourth-order valence-corrected chi connectivity index (χ4v) is 3.90. The molecule has 4 aromatic rings. The number of ether oxygens (including phenoxy) is 3. The second-order valence-corrected chi connectivity index (χ2v) is 8.49. The molecule has 0 saturated carbocycles. The predicted molar refractivity (Wildman–Crippen MR) is 135 cm³/mol. The fraction of sp³-hybridized carbons (Fsp3) is 0.276. The molecule has 1 aromatic heterocycles.